The molecular formula is C19H24N4O7S2. The lowest BCUT2D eigenvalue weighted by Gasteiger charge is -2.35. The van der Waals surface area contributed by atoms with Gasteiger partial charge in [0.25, 0.3) is 5.69 Å². The summed E-state index contributed by atoms with van der Waals surface area (Å²) in [6.45, 7) is 1.01. The molecule has 32 heavy (non-hydrogen) atoms. The van der Waals surface area contributed by atoms with Crippen molar-refractivity contribution in [2.45, 2.75) is 4.90 Å². The molecule has 0 aliphatic carbocycles. The van der Waals surface area contributed by atoms with Gasteiger partial charge in [-0.3, -0.25) is 10.1 Å². The Bertz CT molecular complexity index is 1180. The molecule has 0 unspecified atom stereocenters. The van der Waals surface area contributed by atoms with Crippen LogP contribution in [-0.4, -0.2) is 71.7 Å². The molecule has 2 aromatic carbocycles. The molecule has 0 atom stereocenters. The van der Waals surface area contributed by atoms with Gasteiger partial charge in [0.15, 0.2) is 4.90 Å². The zero-order chi connectivity index (χ0) is 23.4. The van der Waals surface area contributed by atoms with E-state index in [-0.39, 0.29) is 13.1 Å². The van der Waals surface area contributed by atoms with E-state index in [4.69, 9.17) is 4.74 Å². The fourth-order valence-electron chi connectivity index (χ4n) is 3.45. The largest absolute Gasteiger partial charge is 0.495 e. The summed E-state index contributed by atoms with van der Waals surface area (Å²) in [5.41, 5.74) is 0.305. The molecule has 13 heteroatoms. The number of hydrogen-bond donors (Lipinski definition) is 1. The standard InChI is InChI=1S/C19H24N4O7S2/c1-30-18-8-4-2-6-16(18)21-11-13-22(14-12-21)31(26,27)15-10-20-32(28,29)19-9-5-3-7-17(19)23(24)25/h2-9,20H,10-15H2,1H3. The Kier molecular flexibility index (Phi) is 7.33. The van der Waals surface area contributed by atoms with E-state index in [0.717, 1.165) is 17.8 Å². The molecule has 1 saturated heterocycles. The van der Waals surface area contributed by atoms with Crippen molar-refractivity contribution in [3.63, 3.8) is 0 Å². The summed E-state index contributed by atoms with van der Waals surface area (Å²) in [5.74, 6) is 0.245. The number of ether oxygens (including phenoxy) is 1. The van der Waals surface area contributed by atoms with Crippen molar-refractivity contribution in [3.05, 3.63) is 58.6 Å². The highest BCUT2D eigenvalue weighted by Gasteiger charge is 2.29. The topological polar surface area (TPSA) is 139 Å². The normalized spacial score (nSPS) is 15.5. The molecule has 1 heterocycles. The lowest BCUT2D eigenvalue weighted by molar-refractivity contribution is -0.387. The average molecular weight is 485 g/mol. The number of para-hydroxylation sites is 3. The number of nitro groups is 1. The Morgan fingerprint density at radius 3 is 2.28 bits per heavy atom. The minimum atomic E-state index is -4.24. The second kappa shape index (κ2) is 9.81. The third-order valence-corrected chi connectivity index (χ3v) is 8.44. The lowest BCUT2D eigenvalue weighted by Crippen LogP contribution is -2.50. The van der Waals surface area contributed by atoms with Crippen LogP contribution in [0.15, 0.2) is 53.4 Å². The number of nitro benzene ring substituents is 1. The van der Waals surface area contributed by atoms with Crippen LogP contribution >= 0.6 is 0 Å². The molecular weight excluding hydrogens is 460 g/mol. The Hall–Kier alpha value is -2.74. The van der Waals surface area contributed by atoms with Gasteiger partial charge in [-0.2, -0.15) is 4.31 Å². The van der Waals surface area contributed by atoms with E-state index in [9.17, 15) is 26.9 Å². The predicted molar refractivity (Wildman–Crippen MR) is 119 cm³/mol. The van der Waals surface area contributed by atoms with E-state index in [2.05, 4.69) is 4.72 Å². The van der Waals surface area contributed by atoms with Gasteiger partial charge < -0.3 is 9.64 Å². The van der Waals surface area contributed by atoms with Gasteiger partial charge in [-0.25, -0.2) is 21.6 Å². The summed E-state index contributed by atoms with van der Waals surface area (Å²) in [7, 11) is -6.39. The fourth-order valence-corrected chi connectivity index (χ4v) is 6.11. The maximum absolute atomic E-state index is 12.7. The summed E-state index contributed by atoms with van der Waals surface area (Å²) >= 11 is 0. The number of nitrogens with one attached hydrogen (secondary N) is 1. The minimum Gasteiger partial charge on any atom is -0.495 e. The predicted octanol–water partition coefficient (Wildman–Crippen LogP) is 1.03. The number of benzene rings is 2. The van der Waals surface area contributed by atoms with Crippen molar-refractivity contribution in [1.82, 2.24) is 9.03 Å². The van der Waals surface area contributed by atoms with E-state index < -0.39 is 47.9 Å². The van der Waals surface area contributed by atoms with Crippen molar-refractivity contribution < 1.29 is 26.5 Å². The van der Waals surface area contributed by atoms with Crippen LogP contribution in [0.2, 0.25) is 0 Å². The maximum atomic E-state index is 12.7. The first kappa shape index (κ1) is 23.9. The number of rotatable bonds is 9. The molecule has 0 amide bonds. The molecule has 1 aliphatic heterocycles. The number of methoxy groups -OCH3 is 1. The smallest absolute Gasteiger partial charge is 0.289 e. The molecule has 0 aromatic heterocycles. The quantitative estimate of drug-likeness (QED) is 0.411. The van der Waals surface area contributed by atoms with Gasteiger partial charge in [-0.15, -0.1) is 0 Å². The van der Waals surface area contributed by atoms with Crippen LogP contribution in [0.5, 0.6) is 5.75 Å². The SMILES string of the molecule is COc1ccccc1N1CCN(S(=O)(=O)CCNS(=O)(=O)c2ccccc2[N+](=O)[O-])CC1. The zero-order valence-corrected chi connectivity index (χ0v) is 19.0. The van der Waals surface area contributed by atoms with Crippen LogP contribution < -0.4 is 14.4 Å². The second-order valence-electron chi connectivity index (χ2n) is 7.00. The number of hydrogen-bond acceptors (Lipinski definition) is 8. The second-order valence-corrected chi connectivity index (χ2v) is 10.8. The summed E-state index contributed by atoms with van der Waals surface area (Å²) in [5, 5.41) is 11.1. The molecule has 174 valence electrons. The van der Waals surface area contributed by atoms with Crippen molar-refractivity contribution in [1.29, 1.82) is 0 Å². The molecule has 0 saturated carbocycles. The van der Waals surface area contributed by atoms with Gasteiger partial charge in [-0.05, 0) is 18.2 Å². The summed E-state index contributed by atoms with van der Waals surface area (Å²) in [6.07, 6.45) is 0. The first-order chi connectivity index (χ1) is 15.2. The molecule has 0 radical (unpaired) electrons. The minimum absolute atomic E-state index is 0.247. The van der Waals surface area contributed by atoms with Crippen molar-refractivity contribution in [3.8, 4) is 5.75 Å². The van der Waals surface area contributed by atoms with Crippen LogP contribution in [-0.2, 0) is 20.0 Å². The molecule has 0 spiro atoms. The van der Waals surface area contributed by atoms with E-state index >= 15 is 0 Å². The van der Waals surface area contributed by atoms with Gasteiger partial charge in [0, 0.05) is 38.8 Å². The van der Waals surface area contributed by atoms with E-state index in [1.807, 2.05) is 29.2 Å². The van der Waals surface area contributed by atoms with Gasteiger partial charge in [0.1, 0.15) is 5.75 Å². The van der Waals surface area contributed by atoms with Gasteiger partial charge in [0.05, 0.1) is 23.5 Å². The fraction of sp³-hybridized carbons (Fsp3) is 0.368. The Balaban J connectivity index is 1.59. The molecule has 11 nitrogen and oxygen atoms in total. The monoisotopic (exact) mass is 484 g/mol. The lowest BCUT2D eigenvalue weighted by atomic mass is 10.2. The number of nitrogens with zero attached hydrogens (tertiary/aromatic N) is 3. The Labute approximate surface area is 186 Å². The zero-order valence-electron chi connectivity index (χ0n) is 17.4. The van der Waals surface area contributed by atoms with Gasteiger partial charge >= 0.3 is 0 Å². The van der Waals surface area contributed by atoms with Crippen LogP contribution in [0, 0.1) is 10.1 Å². The molecule has 1 fully saturated rings. The number of sulfonamides is 2. The summed E-state index contributed by atoms with van der Waals surface area (Å²) in [6, 6.07) is 12.4. The first-order valence-corrected chi connectivity index (χ1v) is 12.8. The van der Waals surface area contributed by atoms with Crippen LogP contribution in [0.4, 0.5) is 11.4 Å². The highest BCUT2D eigenvalue weighted by Crippen LogP contribution is 2.28. The third kappa shape index (κ3) is 5.35. The van der Waals surface area contributed by atoms with E-state index in [0.29, 0.717) is 18.8 Å². The van der Waals surface area contributed by atoms with E-state index in [1.165, 1.54) is 16.4 Å². The highest BCUT2D eigenvalue weighted by atomic mass is 32.2. The van der Waals surface area contributed by atoms with Crippen LogP contribution in [0.1, 0.15) is 0 Å². The molecule has 1 aliphatic rings. The molecule has 3 rings (SSSR count). The van der Waals surface area contributed by atoms with Crippen LogP contribution in [0.3, 0.4) is 0 Å². The van der Waals surface area contributed by atoms with Gasteiger partial charge in [0.2, 0.25) is 20.0 Å². The first-order valence-electron chi connectivity index (χ1n) is 9.74. The van der Waals surface area contributed by atoms with Crippen LogP contribution in [0.25, 0.3) is 0 Å². The third-order valence-electron chi connectivity index (χ3n) is 5.06. The summed E-state index contributed by atoms with van der Waals surface area (Å²) in [4.78, 5) is 11.8. The Morgan fingerprint density at radius 2 is 1.62 bits per heavy atom. The molecule has 0 bridgehead atoms. The maximum Gasteiger partial charge on any atom is 0.289 e. The van der Waals surface area contributed by atoms with Crippen molar-refractivity contribution in [2.75, 3.05) is 50.5 Å². The van der Waals surface area contributed by atoms with Crippen molar-refractivity contribution >= 4 is 31.4 Å². The molecule has 1 N–H and O–H groups in total. The average Bonchev–Trinajstić information content (AvgIpc) is 2.79. The number of anilines is 1. The molecule has 2 aromatic rings. The van der Waals surface area contributed by atoms with E-state index in [1.54, 1.807) is 7.11 Å². The summed E-state index contributed by atoms with van der Waals surface area (Å²) < 4.78 is 59.1. The van der Waals surface area contributed by atoms with Gasteiger partial charge in [-0.1, -0.05) is 24.3 Å². The Morgan fingerprint density at radius 1 is 1.00 bits per heavy atom. The number of piperazine rings is 1. The van der Waals surface area contributed by atoms with Crippen molar-refractivity contribution in [2.24, 2.45) is 0 Å². The highest BCUT2D eigenvalue weighted by molar-refractivity contribution is 7.90.